The molecule has 0 radical (unpaired) electrons. The van der Waals surface area contributed by atoms with E-state index in [2.05, 4.69) is 21.0 Å². The highest BCUT2D eigenvalue weighted by Crippen LogP contribution is 2.30. The molecular formula is C14H16BrCl2N3. The van der Waals surface area contributed by atoms with Crippen LogP contribution in [0.5, 0.6) is 0 Å². The largest absolute Gasteiger partial charge is 0.324 e. The van der Waals surface area contributed by atoms with Crippen LogP contribution in [0, 0.1) is 6.92 Å². The molecule has 20 heavy (non-hydrogen) atoms. The van der Waals surface area contributed by atoms with Gasteiger partial charge in [0.25, 0.3) is 0 Å². The third-order valence-corrected chi connectivity index (χ3v) is 4.67. The Hall–Kier alpha value is -0.550. The molecule has 2 N–H and O–H groups in total. The fraction of sp³-hybridized carbons (Fsp3) is 0.357. The monoisotopic (exact) mass is 375 g/mol. The highest BCUT2D eigenvalue weighted by molar-refractivity contribution is 9.10. The van der Waals surface area contributed by atoms with Gasteiger partial charge in [-0.15, -0.1) is 0 Å². The van der Waals surface area contributed by atoms with Crippen LogP contribution in [-0.4, -0.2) is 9.78 Å². The molecule has 0 aliphatic heterocycles. The Balaban J connectivity index is 2.32. The maximum absolute atomic E-state index is 6.32. The van der Waals surface area contributed by atoms with E-state index in [9.17, 15) is 0 Å². The van der Waals surface area contributed by atoms with E-state index in [1.807, 2.05) is 36.7 Å². The average molecular weight is 377 g/mol. The van der Waals surface area contributed by atoms with Crippen LogP contribution >= 0.6 is 39.1 Å². The van der Waals surface area contributed by atoms with E-state index in [4.69, 9.17) is 28.9 Å². The SMILES string of the molecule is CCn1nc(C)c(Cl)c1CC(N)c1cc(Cl)ccc1Br. The van der Waals surface area contributed by atoms with Gasteiger partial charge in [0, 0.05) is 28.5 Å². The lowest BCUT2D eigenvalue weighted by Gasteiger charge is -2.15. The second kappa shape index (κ2) is 6.48. The maximum Gasteiger partial charge on any atom is 0.0847 e. The van der Waals surface area contributed by atoms with Gasteiger partial charge >= 0.3 is 0 Å². The Morgan fingerprint density at radius 3 is 2.75 bits per heavy atom. The summed E-state index contributed by atoms with van der Waals surface area (Å²) in [4.78, 5) is 0. The van der Waals surface area contributed by atoms with E-state index in [1.54, 1.807) is 0 Å². The van der Waals surface area contributed by atoms with Gasteiger partial charge in [0.1, 0.15) is 0 Å². The molecule has 0 aliphatic rings. The van der Waals surface area contributed by atoms with E-state index < -0.39 is 0 Å². The van der Waals surface area contributed by atoms with Gasteiger partial charge in [-0.05, 0) is 37.6 Å². The quantitative estimate of drug-likeness (QED) is 0.852. The van der Waals surface area contributed by atoms with Crippen molar-refractivity contribution in [2.45, 2.75) is 32.9 Å². The molecule has 2 rings (SSSR count). The normalized spacial score (nSPS) is 12.7. The zero-order valence-electron chi connectivity index (χ0n) is 11.3. The Morgan fingerprint density at radius 2 is 2.10 bits per heavy atom. The van der Waals surface area contributed by atoms with Gasteiger partial charge in [-0.25, -0.2) is 0 Å². The van der Waals surface area contributed by atoms with Crippen LogP contribution in [0.3, 0.4) is 0 Å². The summed E-state index contributed by atoms with van der Waals surface area (Å²) in [5.74, 6) is 0. The highest BCUT2D eigenvalue weighted by atomic mass is 79.9. The number of hydrogen-bond acceptors (Lipinski definition) is 2. The number of nitrogens with zero attached hydrogens (tertiary/aromatic N) is 2. The Bertz CT molecular complexity index is 625. The first-order valence-electron chi connectivity index (χ1n) is 6.36. The average Bonchev–Trinajstić information content (AvgIpc) is 2.69. The van der Waals surface area contributed by atoms with E-state index >= 15 is 0 Å². The predicted octanol–water partition coefficient (Wildman–Crippen LogP) is 4.52. The number of benzene rings is 1. The molecule has 0 fully saturated rings. The van der Waals surface area contributed by atoms with Crippen molar-refractivity contribution in [2.24, 2.45) is 5.73 Å². The molecule has 0 saturated heterocycles. The molecule has 0 amide bonds. The molecule has 0 aliphatic carbocycles. The fourth-order valence-electron chi connectivity index (χ4n) is 2.18. The van der Waals surface area contributed by atoms with E-state index in [0.717, 1.165) is 28.0 Å². The lowest BCUT2D eigenvalue weighted by atomic mass is 10.0. The van der Waals surface area contributed by atoms with E-state index in [0.29, 0.717) is 16.5 Å². The van der Waals surface area contributed by atoms with Crippen LogP contribution in [0.2, 0.25) is 10.0 Å². The van der Waals surface area contributed by atoms with Crippen molar-refractivity contribution in [2.75, 3.05) is 0 Å². The van der Waals surface area contributed by atoms with Crippen LogP contribution in [0.25, 0.3) is 0 Å². The summed E-state index contributed by atoms with van der Waals surface area (Å²) in [5, 5.41) is 5.77. The second-order valence-corrected chi connectivity index (χ2v) is 6.31. The first kappa shape index (κ1) is 15.8. The van der Waals surface area contributed by atoms with Crippen molar-refractivity contribution < 1.29 is 0 Å². The zero-order chi connectivity index (χ0) is 14.9. The molecule has 108 valence electrons. The topological polar surface area (TPSA) is 43.8 Å². The van der Waals surface area contributed by atoms with Gasteiger partial charge in [-0.3, -0.25) is 4.68 Å². The van der Waals surface area contributed by atoms with Crippen LogP contribution in [0.15, 0.2) is 22.7 Å². The van der Waals surface area contributed by atoms with Crippen molar-refractivity contribution in [3.05, 3.63) is 49.7 Å². The summed E-state index contributed by atoms with van der Waals surface area (Å²) in [5.41, 5.74) is 9.08. The minimum atomic E-state index is -0.193. The first-order chi connectivity index (χ1) is 9.43. The Morgan fingerprint density at radius 1 is 1.40 bits per heavy atom. The van der Waals surface area contributed by atoms with Crippen molar-refractivity contribution in [1.29, 1.82) is 0 Å². The Labute approximate surface area is 137 Å². The number of rotatable bonds is 4. The van der Waals surface area contributed by atoms with Gasteiger partial charge in [-0.1, -0.05) is 39.1 Å². The lowest BCUT2D eigenvalue weighted by Crippen LogP contribution is -2.17. The minimum Gasteiger partial charge on any atom is -0.324 e. The predicted molar refractivity (Wildman–Crippen MR) is 87.4 cm³/mol. The number of aromatic nitrogens is 2. The molecular weight excluding hydrogens is 361 g/mol. The molecule has 1 aromatic heterocycles. The summed E-state index contributed by atoms with van der Waals surface area (Å²) >= 11 is 15.9. The van der Waals surface area contributed by atoms with Crippen LogP contribution in [0.4, 0.5) is 0 Å². The molecule has 0 spiro atoms. The second-order valence-electron chi connectivity index (χ2n) is 4.64. The highest BCUT2D eigenvalue weighted by Gasteiger charge is 2.18. The molecule has 1 aromatic carbocycles. The molecule has 0 saturated carbocycles. The molecule has 2 aromatic rings. The van der Waals surface area contributed by atoms with Gasteiger partial charge in [0.2, 0.25) is 0 Å². The smallest absolute Gasteiger partial charge is 0.0847 e. The standard InChI is InChI=1S/C14H16BrCl2N3/c1-3-20-13(14(17)8(2)19-20)7-12(18)10-6-9(16)4-5-11(10)15/h4-6,12H,3,7,18H2,1-2H3. The molecule has 0 bridgehead atoms. The third kappa shape index (κ3) is 3.19. The summed E-state index contributed by atoms with van der Waals surface area (Å²) < 4.78 is 2.85. The van der Waals surface area contributed by atoms with Crippen molar-refractivity contribution in [3.63, 3.8) is 0 Å². The van der Waals surface area contributed by atoms with Crippen molar-refractivity contribution >= 4 is 39.1 Å². The lowest BCUT2D eigenvalue weighted by molar-refractivity contribution is 0.587. The van der Waals surface area contributed by atoms with Crippen LogP contribution in [-0.2, 0) is 13.0 Å². The van der Waals surface area contributed by atoms with Crippen molar-refractivity contribution in [1.82, 2.24) is 9.78 Å². The van der Waals surface area contributed by atoms with E-state index in [1.165, 1.54) is 0 Å². The zero-order valence-corrected chi connectivity index (χ0v) is 14.4. The third-order valence-electron chi connectivity index (χ3n) is 3.22. The summed E-state index contributed by atoms with van der Waals surface area (Å²) in [6.45, 7) is 4.71. The number of hydrogen-bond donors (Lipinski definition) is 1. The van der Waals surface area contributed by atoms with Gasteiger partial charge < -0.3 is 5.73 Å². The van der Waals surface area contributed by atoms with Crippen molar-refractivity contribution in [3.8, 4) is 0 Å². The fourth-order valence-corrected chi connectivity index (χ4v) is 3.11. The number of nitrogens with two attached hydrogens (primary N) is 1. The number of aryl methyl sites for hydroxylation is 2. The number of halogens is 3. The summed E-state index contributed by atoms with van der Waals surface area (Å²) in [7, 11) is 0. The molecule has 3 nitrogen and oxygen atoms in total. The van der Waals surface area contributed by atoms with Crippen LogP contribution < -0.4 is 5.73 Å². The maximum atomic E-state index is 6.32. The minimum absolute atomic E-state index is 0.193. The summed E-state index contributed by atoms with van der Waals surface area (Å²) in [6.07, 6.45) is 0.618. The first-order valence-corrected chi connectivity index (χ1v) is 7.91. The van der Waals surface area contributed by atoms with Crippen LogP contribution in [0.1, 0.15) is 29.9 Å². The van der Waals surface area contributed by atoms with E-state index in [-0.39, 0.29) is 6.04 Å². The van der Waals surface area contributed by atoms with Gasteiger partial charge in [0.15, 0.2) is 0 Å². The van der Waals surface area contributed by atoms with Gasteiger partial charge in [-0.2, -0.15) is 5.10 Å². The molecule has 1 atom stereocenters. The molecule has 1 heterocycles. The Kier molecular flexibility index (Phi) is 5.13. The van der Waals surface area contributed by atoms with Gasteiger partial charge in [0.05, 0.1) is 16.4 Å². The molecule has 6 heteroatoms. The summed E-state index contributed by atoms with van der Waals surface area (Å²) in [6, 6.07) is 5.42. The molecule has 1 unspecified atom stereocenters.